The normalized spacial score (nSPS) is 10.5. The van der Waals surface area contributed by atoms with Gasteiger partial charge in [0.05, 0.1) is 11.9 Å². The minimum absolute atomic E-state index is 0.121. The molecule has 5 nitrogen and oxygen atoms in total. The van der Waals surface area contributed by atoms with E-state index in [1.807, 2.05) is 12.3 Å². The average Bonchev–Trinajstić information content (AvgIpc) is 2.72. The summed E-state index contributed by atoms with van der Waals surface area (Å²) < 4.78 is 1.57. The van der Waals surface area contributed by atoms with Crippen LogP contribution in [0.25, 0.3) is 5.13 Å². The maximum absolute atomic E-state index is 10.4. The van der Waals surface area contributed by atoms with E-state index in [2.05, 4.69) is 10.1 Å². The summed E-state index contributed by atoms with van der Waals surface area (Å²) in [6.45, 7) is 1.89. The van der Waals surface area contributed by atoms with E-state index >= 15 is 0 Å². The molecule has 0 aliphatic rings. The van der Waals surface area contributed by atoms with Crippen molar-refractivity contribution in [2.24, 2.45) is 0 Å². The van der Waals surface area contributed by atoms with Crippen LogP contribution in [0.4, 0.5) is 0 Å². The molecule has 0 spiro atoms. The van der Waals surface area contributed by atoms with Gasteiger partial charge in [-0.05, 0) is 12.5 Å². The molecule has 0 bridgehead atoms. The van der Waals surface area contributed by atoms with Crippen molar-refractivity contribution in [2.45, 2.75) is 13.3 Å². The van der Waals surface area contributed by atoms with Crippen LogP contribution in [-0.2, 0) is 11.2 Å². The molecular formula is C9H8N3O2S-. The Morgan fingerprint density at radius 2 is 2.47 bits per heavy atom. The van der Waals surface area contributed by atoms with Crippen molar-refractivity contribution in [3.05, 3.63) is 29.0 Å². The number of aromatic nitrogens is 3. The zero-order valence-corrected chi connectivity index (χ0v) is 8.82. The van der Waals surface area contributed by atoms with Gasteiger partial charge >= 0.3 is 0 Å². The van der Waals surface area contributed by atoms with Crippen LogP contribution in [0.2, 0.25) is 0 Å². The Kier molecular flexibility index (Phi) is 2.51. The molecule has 0 fully saturated rings. The number of carboxylic acid groups (broad SMARTS) is 1. The summed E-state index contributed by atoms with van der Waals surface area (Å²) in [7, 11) is 0. The van der Waals surface area contributed by atoms with E-state index in [0.29, 0.717) is 5.56 Å². The predicted molar refractivity (Wildman–Crippen MR) is 52.7 cm³/mol. The smallest absolute Gasteiger partial charge is 0.210 e. The first-order valence-corrected chi connectivity index (χ1v) is 5.19. The van der Waals surface area contributed by atoms with Gasteiger partial charge in [0.2, 0.25) is 5.13 Å². The first-order valence-electron chi connectivity index (χ1n) is 4.31. The topological polar surface area (TPSA) is 70.8 Å². The van der Waals surface area contributed by atoms with Crippen LogP contribution in [0.1, 0.15) is 11.3 Å². The lowest BCUT2D eigenvalue weighted by Crippen LogP contribution is -2.24. The van der Waals surface area contributed by atoms with Crippen molar-refractivity contribution in [1.29, 1.82) is 0 Å². The first kappa shape index (κ1) is 9.85. The molecule has 0 N–H and O–H groups in total. The second-order valence-electron chi connectivity index (χ2n) is 3.11. The SMILES string of the molecule is Cc1csc(-n2cc(CC(=O)[O-])cn2)n1. The average molecular weight is 222 g/mol. The van der Waals surface area contributed by atoms with Gasteiger partial charge in [0.15, 0.2) is 0 Å². The van der Waals surface area contributed by atoms with Gasteiger partial charge in [-0.15, -0.1) is 11.3 Å². The summed E-state index contributed by atoms with van der Waals surface area (Å²) in [4.78, 5) is 14.6. The molecule has 0 amide bonds. The summed E-state index contributed by atoms with van der Waals surface area (Å²) in [5.41, 5.74) is 1.54. The number of rotatable bonds is 3. The molecule has 78 valence electrons. The fourth-order valence-corrected chi connectivity index (χ4v) is 1.90. The number of thiazole rings is 1. The van der Waals surface area contributed by atoms with Gasteiger partial charge in [0, 0.05) is 24.0 Å². The van der Waals surface area contributed by atoms with Gasteiger partial charge < -0.3 is 9.90 Å². The van der Waals surface area contributed by atoms with Gasteiger partial charge in [-0.1, -0.05) is 0 Å². The molecule has 0 saturated carbocycles. The molecule has 0 saturated heterocycles. The molecule has 2 aromatic rings. The maximum Gasteiger partial charge on any atom is 0.210 e. The van der Waals surface area contributed by atoms with Gasteiger partial charge in [-0.25, -0.2) is 9.67 Å². The third-order valence-corrected chi connectivity index (χ3v) is 2.74. The summed E-state index contributed by atoms with van der Waals surface area (Å²) in [6.07, 6.45) is 3.03. The molecule has 0 radical (unpaired) electrons. The predicted octanol–water partition coefficient (Wildman–Crippen LogP) is -0.0704. The van der Waals surface area contributed by atoms with Crippen molar-refractivity contribution in [1.82, 2.24) is 14.8 Å². The minimum atomic E-state index is -1.11. The maximum atomic E-state index is 10.4. The Morgan fingerprint density at radius 1 is 1.67 bits per heavy atom. The van der Waals surface area contributed by atoms with E-state index in [4.69, 9.17) is 0 Å². The highest BCUT2D eigenvalue weighted by Crippen LogP contribution is 2.14. The van der Waals surface area contributed by atoms with Gasteiger partial charge in [-0.3, -0.25) is 0 Å². The molecule has 0 aliphatic carbocycles. The van der Waals surface area contributed by atoms with Gasteiger partial charge in [-0.2, -0.15) is 5.10 Å². The summed E-state index contributed by atoms with van der Waals surface area (Å²) in [5, 5.41) is 17.0. The van der Waals surface area contributed by atoms with E-state index < -0.39 is 5.97 Å². The van der Waals surface area contributed by atoms with Gasteiger partial charge in [0.1, 0.15) is 0 Å². The Labute approximate surface area is 90.0 Å². The lowest BCUT2D eigenvalue weighted by Gasteiger charge is -1.96. The third-order valence-electron chi connectivity index (χ3n) is 1.79. The van der Waals surface area contributed by atoms with Gasteiger partial charge in [0.25, 0.3) is 0 Å². The van der Waals surface area contributed by atoms with Crippen molar-refractivity contribution < 1.29 is 9.90 Å². The van der Waals surface area contributed by atoms with Crippen LogP contribution in [0.15, 0.2) is 17.8 Å². The molecule has 6 heteroatoms. The molecule has 2 heterocycles. The van der Waals surface area contributed by atoms with Crippen LogP contribution >= 0.6 is 11.3 Å². The highest BCUT2D eigenvalue weighted by Gasteiger charge is 2.04. The minimum Gasteiger partial charge on any atom is -0.550 e. The molecule has 2 rings (SSSR count). The Bertz CT molecular complexity index is 489. The summed E-state index contributed by atoms with van der Waals surface area (Å²) in [5.74, 6) is -1.11. The van der Waals surface area contributed by atoms with Crippen molar-refractivity contribution in [3.63, 3.8) is 0 Å². The van der Waals surface area contributed by atoms with Crippen LogP contribution in [0.5, 0.6) is 0 Å². The Morgan fingerprint density at radius 3 is 3.07 bits per heavy atom. The molecule has 0 aromatic carbocycles. The van der Waals surface area contributed by atoms with E-state index in [1.54, 1.807) is 10.9 Å². The number of hydrogen-bond acceptors (Lipinski definition) is 5. The Hall–Kier alpha value is -1.69. The number of hydrogen-bond donors (Lipinski definition) is 0. The van der Waals surface area contributed by atoms with E-state index in [0.717, 1.165) is 10.8 Å². The fraction of sp³-hybridized carbons (Fsp3) is 0.222. The summed E-state index contributed by atoms with van der Waals surface area (Å²) in [6, 6.07) is 0. The monoisotopic (exact) mass is 222 g/mol. The first-order chi connectivity index (χ1) is 7.15. The second-order valence-corrected chi connectivity index (χ2v) is 3.95. The van der Waals surface area contributed by atoms with E-state index in [-0.39, 0.29) is 6.42 Å². The summed E-state index contributed by atoms with van der Waals surface area (Å²) >= 11 is 1.46. The number of aryl methyl sites for hydroxylation is 1. The number of aliphatic carboxylic acids is 1. The highest BCUT2D eigenvalue weighted by atomic mass is 32.1. The van der Waals surface area contributed by atoms with Crippen molar-refractivity contribution in [2.75, 3.05) is 0 Å². The number of nitrogens with zero attached hydrogens (tertiary/aromatic N) is 3. The quantitative estimate of drug-likeness (QED) is 0.728. The standard InChI is InChI=1S/C9H9N3O2S/c1-6-5-15-9(11-6)12-4-7(3-10-12)2-8(13)14/h3-5H,2H2,1H3,(H,13,14)/p-1. The van der Waals surface area contributed by atoms with Crippen LogP contribution in [0.3, 0.4) is 0 Å². The fourth-order valence-electron chi connectivity index (χ4n) is 1.17. The molecular weight excluding hydrogens is 214 g/mol. The van der Waals surface area contributed by atoms with E-state index in [1.165, 1.54) is 17.5 Å². The number of carbonyl (C=O) groups is 1. The van der Waals surface area contributed by atoms with Crippen LogP contribution in [-0.4, -0.2) is 20.7 Å². The highest BCUT2D eigenvalue weighted by molar-refractivity contribution is 7.12. The molecule has 0 atom stereocenters. The number of carbonyl (C=O) groups excluding carboxylic acids is 1. The largest absolute Gasteiger partial charge is 0.550 e. The van der Waals surface area contributed by atoms with Crippen molar-refractivity contribution >= 4 is 17.3 Å². The lowest BCUT2D eigenvalue weighted by atomic mass is 10.3. The van der Waals surface area contributed by atoms with Crippen molar-refractivity contribution in [3.8, 4) is 5.13 Å². The Balaban J connectivity index is 2.23. The zero-order chi connectivity index (χ0) is 10.8. The zero-order valence-electron chi connectivity index (χ0n) is 8.01. The second kappa shape index (κ2) is 3.82. The molecule has 0 unspecified atom stereocenters. The molecule has 15 heavy (non-hydrogen) atoms. The number of carboxylic acids is 1. The van der Waals surface area contributed by atoms with Crippen LogP contribution in [0, 0.1) is 6.92 Å². The van der Waals surface area contributed by atoms with E-state index in [9.17, 15) is 9.90 Å². The lowest BCUT2D eigenvalue weighted by molar-refractivity contribution is -0.304. The molecule has 0 aliphatic heterocycles. The van der Waals surface area contributed by atoms with Crippen LogP contribution < -0.4 is 5.11 Å². The molecule has 2 aromatic heterocycles. The third kappa shape index (κ3) is 2.21.